The van der Waals surface area contributed by atoms with E-state index in [-0.39, 0.29) is 5.91 Å². The van der Waals surface area contributed by atoms with E-state index in [0.717, 1.165) is 0 Å². The molecule has 0 saturated heterocycles. The minimum absolute atomic E-state index is 0.307. The van der Waals surface area contributed by atoms with Crippen LogP contribution in [-0.2, 0) is 0 Å². The Morgan fingerprint density at radius 2 is 1.95 bits per heavy atom. The van der Waals surface area contributed by atoms with E-state index in [1.807, 2.05) is 0 Å². The molecule has 6 heteroatoms. The fourth-order valence-corrected chi connectivity index (χ4v) is 1.52. The molecule has 0 saturated carbocycles. The number of amides is 1. The molecule has 2 aromatic carbocycles. The summed E-state index contributed by atoms with van der Waals surface area (Å²) in [6.45, 7) is 0. The summed E-state index contributed by atoms with van der Waals surface area (Å²) in [5.74, 6) is -0.320. The van der Waals surface area contributed by atoms with E-state index in [1.165, 1.54) is 6.07 Å². The quantitative estimate of drug-likeness (QED) is 0.657. The number of nitrogens with zero attached hydrogens (tertiary/aromatic N) is 4. The lowest BCUT2D eigenvalue weighted by Crippen LogP contribution is -2.11. The first kappa shape index (κ1) is 12.4. The Morgan fingerprint density at radius 1 is 1.21 bits per heavy atom. The number of anilines is 1. The second kappa shape index (κ2) is 5.51. The lowest BCUT2D eigenvalue weighted by atomic mass is 10.2. The van der Waals surface area contributed by atoms with E-state index in [0.29, 0.717) is 22.6 Å². The van der Waals surface area contributed by atoms with Crippen LogP contribution in [0, 0.1) is 5.39 Å². The minimum atomic E-state index is -0.320. The fraction of sp³-hybridized carbons (Fsp3) is 0. The maximum absolute atomic E-state index is 11.9. The van der Waals surface area contributed by atoms with Gasteiger partial charge in [0.15, 0.2) is 4.98 Å². The predicted molar refractivity (Wildman–Crippen MR) is 71.0 cm³/mol. The summed E-state index contributed by atoms with van der Waals surface area (Å²) in [6.07, 6.45) is 0. The lowest BCUT2D eigenvalue weighted by Gasteiger charge is -2.05. The Morgan fingerprint density at radius 3 is 2.58 bits per heavy atom. The van der Waals surface area contributed by atoms with Gasteiger partial charge < -0.3 is 16.0 Å². The van der Waals surface area contributed by atoms with Gasteiger partial charge >= 0.3 is 5.69 Å². The van der Waals surface area contributed by atoms with Gasteiger partial charge in [-0.1, -0.05) is 6.07 Å². The van der Waals surface area contributed by atoms with E-state index in [9.17, 15) is 4.79 Å². The zero-order valence-corrected chi connectivity index (χ0v) is 9.82. The van der Waals surface area contributed by atoms with E-state index in [2.05, 4.69) is 15.4 Å². The Kier molecular flexibility index (Phi) is 3.59. The van der Waals surface area contributed by atoms with Crippen LogP contribution in [0.3, 0.4) is 0 Å². The second-order valence-corrected chi connectivity index (χ2v) is 3.75. The SMILES string of the molecule is N#[N+]c1ccc(NC(=O)c2cccc(N=[N-])c2)cc1. The van der Waals surface area contributed by atoms with E-state index in [4.69, 9.17) is 10.9 Å². The highest BCUT2D eigenvalue weighted by Crippen LogP contribution is 2.18. The molecule has 0 unspecified atom stereocenters. The molecule has 0 aliphatic carbocycles. The van der Waals surface area contributed by atoms with E-state index in [1.54, 1.807) is 42.5 Å². The Hall–Kier alpha value is -3.07. The number of diazo groups is 1. The molecule has 1 N–H and O–H groups in total. The molecule has 0 atom stereocenters. The molecule has 0 radical (unpaired) electrons. The summed E-state index contributed by atoms with van der Waals surface area (Å²) in [4.78, 5) is 14.9. The molecule has 0 aliphatic rings. The van der Waals surface area contributed by atoms with Crippen LogP contribution >= 0.6 is 0 Å². The highest BCUT2D eigenvalue weighted by molar-refractivity contribution is 6.04. The summed E-state index contributed by atoms with van der Waals surface area (Å²) in [6, 6.07) is 12.6. The lowest BCUT2D eigenvalue weighted by molar-refractivity contribution is 0.102. The van der Waals surface area contributed by atoms with Crippen molar-refractivity contribution in [2.24, 2.45) is 5.11 Å². The number of benzene rings is 2. The fourth-order valence-electron chi connectivity index (χ4n) is 1.52. The highest BCUT2D eigenvalue weighted by atomic mass is 16.1. The van der Waals surface area contributed by atoms with Crippen molar-refractivity contribution >= 4 is 23.0 Å². The number of rotatable bonds is 3. The third kappa shape index (κ3) is 2.98. The molecule has 0 bridgehead atoms. The second-order valence-electron chi connectivity index (χ2n) is 3.75. The zero-order chi connectivity index (χ0) is 13.7. The van der Waals surface area contributed by atoms with Crippen LogP contribution in [0.4, 0.5) is 17.1 Å². The van der Waals surface area contributed by atoms with Crippen LogP contribution in [-0.4, -0.2) is 5.91 Å². The van der Waals surface area contributed by atoms with Crippen molar-refractivity contribution in [1.29, 1.82) is 5.39 Å². The molecule has 0 heterocycles. The first-order chi connectivity index (χ1) is 9.22. The van der Waals surface area contributed by atoms with Crippen LogP contribution in [0.25, 0.3) is 10.5 Å². The van der Waals surface area contributed by atoms with Gasteiger partial charge in [-0.2, -0.15) is 0 Å². The molecule has 0 aliphatic heterocycles. The maximum Gasteiger partial charge on any atom is 0.385 e. The zero-order valence-electron chi connectivity index (χ0n) is 9.82. The predicted octanol–water partition coefficient (Wildman–Crippen LogP) is 4.08. The van der Waals surface area contributed by atoms with Gasteiger partial charge in [0.05, 0.1) is 0 Å². The molecule has 1 amide bonds. The van der Waals surface area contributed by atoms with Crippen molar-refractivity contribution in [2.75, 3.05) is 5.32 Å². The number of hydrogen-bond donors (Lipinski definition) is 1. The molecule has 0 spiro atoms. The average Bonchev–Trinajstić information content (AvgIpc) is 2.48. The van der Waals surface area contributed by atoms with Crippen LogP contribution in [0.2, 0.25) is 0 Å². The topological polar surface area (TPSA) is 91.9 Å². The normalized spacial score (nSPS) is 9.42. The summed E-state index contributed by atoms with van der Waals surface area (Å²) in [5, 5.41) is 14.2. The standard InChI is InChI=1S/C13H9N5O/c14-17-11-6-4-10(5-7-11)16-13(19)9-2-1-3-12(8-9)18-15/h1-8H,(H,16,19). The van der Waals surface area contributed by atoms with Gasteiger partial charge in [0.25, 0.3) is 5.91 Å². The van der Waals surface area contributed by atoms with Crippen LogP contribution in [0.1, 0.15) is 10.4 Å². The van der Waals surface area contributed by atoms with Crippen molar-refractivity contribution in [3.63, 3.8) is 0 Å². The molecule has 6 nitrogen and oxygen atoms in total. The van der Waals surface area contributed by atoms with Crippen LogP contribution in [0.15, 0.2) is 53.6 Å². The Balaban J connectivity index is 2.15. The summed E-state index contributed by atoms with van der Waals surface area (Å²) in [5.41, 5.74) is 10.3. The largest absolute Gasteiger partial charge is 0.706 e. The van der Waals surface area contributed by atoms with Gasteiger partial charge in [-0.05, 0) is 30.3 Å². The summed E-state index contributed by atoms with van der Waals surface area (Å²) < 4.78 is 0. The maximum atomic E-state index is 11.9. The van der Waals surface area contributed by atoms with Crippen molar-refractivity contribution in [3.05, 3.63) is 64.6 Å². The smallest absolute Gasteiger partial charge is 0.385 e. The first-order valence-corrected chi connectivity index (χ1v) is 5.44. The number of hydrogen-bond acceptors (Lipinski definition) is 3. The third-order valence-corrected chi connectivity index (χ3v) is 2.46. The van der Waals surface area contributed by atoms with Crippen molar-refractivity contribution < 1.29 is 4.79 Å². The van der Waals surface area contributed by atoms with Crippen molar-refractivity contribution in [2.45, 2.75) is 0 Å². The van der Waals surface area contributed by atoms with Crippen molar-refractivity contribution in [1.82, 2.24) is 0 Å². The Bertz CT molecular complexity index is 657. The van der Waals surface area contributed by atoms with Gasteiger partial charge in [0.1, 0.15) is 0 Å². The van der Waals surface area contributed by atoms with E-state index >= 15 is 0 Å². The van der Waals surface area contributed by atoms with Gasteiger partial charge in [-0.25, -0.2) is 0 Å². The van der Waals surface area contributed by atoms with Crippen LogP contribution < -0.4 is 5.32 Å². The molecule has 92 valence electrons. The summed E-state index contributed by atoms with van der Waals surface area (Å²) >= 11 is 0. The van der Waals surface area contributed by atoms with Gasteiger partial charge in [0, 0.05) is 29.1 Å². The monoisotopic (exact) mass is 251 g/mol. The number of carbonyl (C=O) groups excluding carboxylic acids is 1. The molecule has 0 aromatic heterocycles. The Labute approximate surface area is 109 Å². The molecular weight excluding hydrogens is 242 g/mol. The molecule has 2 aromatic rings. The minimum Gasteiger partial charge on any atom is -0.706 e. The van der Waals surface area contributed by atoms with Gasteiger partial charge in [0.2, 0.25) is 5.39 Å². The van der Waals surface area contributed by atoms with Gasteiger partial charge in [-0.15, -0.1) is 0 Å². The van der Waals surface area contributed by atoms with Gasteiger partial charge in [-0.3, -0.25) is 4.79 Å². The molecular formula is C13H9N5O. The molecule has 19 heavy (non-hydrogen) atoms. The highest BCUT2D eigenvalue weighted by Gasteiger charge is 2.08. The average molecular weight is 251 g/mol. The first-order valence-electron chi connectivity index (χ1n) is 5.44. The third-order valence-electron chi connectivity index (χ3n) is 2.46. The summed E-state index contributed by atoms with van der Waals surface area (Å²) in [7, 11) is 0. The molecule has 2 rings (SSSR count). The van der Waals surface area contributed by atoms with Crippen molar-refractivity contribution in [3.8, 4) is 0 Å². The molecule has 0 fully saturated rings. The number of nitrogens with one attached hydrogen (secondary N) is 1. The number of carbonyl (C=O) groups is 1. The van der Waals surface area contributed by atoms with E-state index < -0.39 is 0 Å². The van der Waals surface area contributed by atoms with Crippen LogP contribution in [0.5, 0.6) is 0 Å².